The minimum Gasteiger partial charge on any atom is -0.241 e. The molecule has 0 radical (unpaired) electrons. The van der Waals surface area contributed by atoms with Crippen molar-refractivity contribution in [2.45, 2.75) is 38.0 Å². The van der Waals surface area contributed by atoms with Crippen molar-refractivity contribution in [3.05, 3.63) is 36.9 Å². The molecule has 0 saturated heterocycles. The van der Waals surface area contributed by atoms with Crippen LogP contribution in [0.15, 0.2) is 31.1 Å². The van der Waals surface area contributed by atoms with Gasteiger partial charge in [-0.15, -0.1) is 6.58 Å². The van der Waals surface area contributed by atoms with Crippen molar-refractivity contribution in [1.82, 2.24) is 9.97 Å². The van der Waals surface area contributed by atoms with Gasteiger partial charge in [0.15, 0.2) is 0 Å². The van der Waals surface area contributed by atoms with Gasteiger partial charge >= 0.3 is 0 Å². The molecule has 1 aromatic heterocycles. The van der Waals surface area contributed by atoms with Crippen LogP contribution in [0.2, 0.25) is 0 Å². The van der Waals surface area contributed by atoms with E-state index in [1.54, 1.807) is 0 Å². The number of aromatic nitrogens is 2. The molecule has 0 spiro atoms. The van der Waals surface area contributed by atoms with Crippen LogP contribution in [0.5, 0.6) is 0 Å². The highest BCUT2D eigenvalue weighted by Gasteiger charge is 2.22. The minimum absolute atomic E-state index is 0.590. The number of hydrogen-bond donors (Lipinski definition) is 0. The summed E-state index contributed by atoms with van der Waals surface area (Å²) in [5.74, 6) is 2.48. The third-order valence-corrected chi connectivity index (χ3v) is 3.30. The fraction of sp³-hybridized carbons (Fsp3) is 0.538. The third-order valence-electron chi connectivity index (χ3n) is 3.30. The first kappa shape index (κ1) is 10.3. The number of nitrogens with zero attached hydrogens (tertiary/aromatic N) is 2. The molecule has 1 aliphatic carbocycles. The molecule has 15 heavy (non-hydrogen) atoms. The SMILES string of the molecule is C=CCC1CCC(c2ncccn2)CC1. The first-order valence-electron chi connectivity index (χ1n) is 5.78. The van der Waals surface area contributed by atoms with E-state index in [2.05, 4.69) is 16.5 Å². The second kappa shape index (κ2) is 5.06. The Bertz CT molecular complexity index is 300. The van der Waals surface area contributed by atoms with Gasteiger partial charge in [-0.05, 0) is 44.1 Å². The Morgan fingerprint density at radius 3 is 2.47 bits per heavy atom. The third kappa shape index (κ3) is 2.65. The van der Waals surface area contributed by atoms with E-state index < -0.39 is 0 Å². The van der Waals surface area contributed by atoms with Crippen molar-refractivity contribution < 1.29 is 0 Å². The van der Waals surface area contributed by atoms with Gasteiger partial charge < -0.3 is 0 Å². The van der Waals surface area contributed by atoms with Crippen LogP contribution < -0.4 is 0 Å². The standard InChI is InChI=1S/C13H18N2/c1-2-4-11-5-7-12(8-6-11)13-14-9-3-10-15-13/h2-3,9-12H,1,4-8H2. The molecule has 0 amide bonds. The van der Waals surface area contributed by atoms with E-state index in [0.29, 0.717) is 5.92 Å². The highest BCUT2D eigenvalue weighted by Crippen LogP contribution is 2.35. The maximum atomic E-state index is 4.34. The van der Waals surface area contributed by atoms with Gasteiger partial charge in [-0.3, -0.25) is 0 Å². The van der Waals surface area contributed by atoms with Crippen LogP contribution >= 0.6 is 0 Å². The van der Waals surface area contributed by atoms with Gasteiger partial charge in [0.1, 0.15) is 5.82 Å². The molecule has 2 nitrogen and oxygen atoms in total. The van der Waals surface area contributed by atoms with Crippen molar-refractivity contribution in [3.63, 3.8) is 0 Å². The molecule has 0 atom stereocenters. The molecule has 1 aromatic rings. The van der Waals surface area contributed by atoms with E-state index in [4.69, 9.17) is 0 Å². The van der Waals surface area contributed by atoms with Gasteiger partial charge in [-0.25, -0.2) is 9.97 Å². The van der Waals surface area contributed by atoms with Gasteiger partial charge in [-0.2, -0.15) is 0 Å². The Balaban J connectivity index is 1.91. The predicted octanol–water partition coefficient (Wildman–Crippen LogP) is 3.33. The van der Waals surface area contributed by atoms with Crippen molar-refractivity contribution in [1.29, 1.82) is 0 Å². The average Bonchev–Trinajstić information content (AvgIpc) is 2.32. The quantitative estimate of drug-likeness (QED) is 0.703. The summed E-state index contributed by atoms with van der Waals surface area (Å²) in [7, 11) is 0. The number of allylic oxidation sites excluding steroid dienone is 1. The molecular formula is C13H18N2. The van der Waals surface area contributed by atoms with Crippen LogP contribution in [0.1, 0.15) is 43.8 Å². The fourth-order valence-electron chi connectivity index (χ4n) is 2.41. The van der Waals surface area contributed by atoms with E-state index in [-0.39, 0.29) is 0 Å². The predicted molar refractivity (Wildman–Crippen MR) is 61.5 cm³/mol. The maximum Gasteiger partial charge on any atom is 0.131 e. The number of rotatable bonds is 3. The molecular weight excluding hydrogens is 184 g/mol. The van der Waals surface area contributed by atoms with Gasteiger partial charge in [0.25, 0.3) is 0 Å². The van der Waals surface area contributed by atoms with Crippen molar-refractivity contribution in [2.24, 2.45) is 5.92 Å². The monoisotopic (exact) mass is 202 g/mol. The Hall–Kier alpha value is -1.18. The van der Waals surface area contributed by atoms with E-state index in [1.165, 1.54) is 32.1 Å². The van der Waals surface area contributed by atoms with Crippen LogP contribution in [-0.4, -0.2) is 9.97 Å². The van der Waals surface area contributed by atoms with Crippen molar-refractivity contribution in [2.75, 3.05) is 0 Å². The first-order chi connectivity index (χ1) is 7.40. The van der Waals surface area contributed by atoms with Crippen LogP contribution in [-0.2, 0) is 0 Å². The summed E-state index contributed by atoms with van der Waals surface area (Å²) in [6.45, 7) is 3.81. The van der Waals surface area contributed by atoms with Crippen LogP contribution in [0.3, 0.4) is 0 Å². The molecule has 1 fully saturated rings. The van der Waals surface area contributed by atoms with E-state index in [0.717, 1.165) is 11.7 Å². The molecule has 0 N–H and O–H groups in total. The summed E-state index contributed by atoms with van der Waals surface area (Å²) >= 11 is 0. The highest BCUT2D eigenvalue weighted by molar-refractivity contribution is 4.99. The summed E-state index contributed by atoms with van der Waals surface area (Å²) in [4.78, 5) is 8.68. The summed E-state index contributed by atoms with van der Waals surface area (Å²) < 4.78 is 0. The van der Waals surface area contributed by atoms with Crippen LogP contribution in [0.4, 0.5) is 0 Å². The van der Waals surface area contributed by atoms with Crippen molar-refractivity contribution in [3.8, 4) is 0 Å². The van der Waals surface area contributed by atoms with Gasteiger partial charge in [0, 0.05) is 18.3 Å². The lowest BCUT2D eigenvalue weighted by Gasteiger charge is -2.26. The molecule has 2 rings (SSSR count). The van der Waals surface area contributed by atoms with Gasteiger partial charge in [0.05, 0.1) is 0 Å². The largest absolute Gasteiger partial charge is 0.241 e. The normalized spacial score (nSPS) is 26.1. The molecule has 80 valence electrons. The zero-order chi connectivity index (χ0) is 10.5. The topological polar surface area (TPSA) is 25.8 Å². The van der Waals surface area contributed by atoms with Crippen molar-refractivity contribution >= 4 is 0 Å². The summed E-state index contributed by atoms with van der Waals surface area (Å²) in [5.41, 5.74) is 0. The Morgan fingerprint density at radius 2 is 1.87 bits per heavy atom. The summed E-state index contributed by atoms with van der Waals surface area (Å²) in [6, 6.07) is 1.88. The Labute approximate surface area is 91.5 Å². The lowest BCUT2D eigenvalue weighted by Crippen LogP contribution is -2.14. The summed E-state index contributed by atoms with van der Waals surface area (Å²) in [5, 5.41) is 0. The van der Waals surface area contributed by atoms with Crippen LogP contribution in [0, 0.1) is 5.92 Å². The van der Waals surface area contributed by atoms with E-state index in [9.17, 15) is 0 Å². The molecule has 0 aliphatic heterocycles. The van der Waals surface area contributed by atoms with Crippen LogP contribution in [0.25, 0.3) is 0 Å². The van der Waals surface area contributed by atoms with Gasteiger partial charge in [0.2, 0.25) is 0 Å². The molecule has 0 aromatic carbocycles. The Kier molecular flexibility index (Phi) is 3.49. The lowest BCUT2D eigenvalue weighted by molar-refractivity contribution is 0.321. The molecule has 2 heteroatoms. The Morgan fingerprint density at radius 1 is 1.20 bits per heavy atom. The second-order valence-electron chi connectivity index (χ2n) is 4.35. The zero-order valence-electron chi connectivity index (χ0n) is 9.10. The molecule has 1 aliphatic rings. The first-order valence-corrected chi connectivity index (χ1v) is 5.78. The maximum absolute atomic E-state index is 4.34. The summed E-state index contributed by atoms with van der Waals surface area (Å²) in [6.07, 6.45) is 12.0. The highest BCUT2D eigenvalue weighted by atomic mass is 14.9. The zero-order valence-corrected chi connectivity index (χ0v) is 9.10. The lowest BCUT2D eigenvalue weighted by atomic mass is 9.80. The molecule has 1 saturated carbocycles. The number of hydrogen-bond acceptors (Lipinski definition) is 2. The smallest absolute Gasteiger partial charge is 0.131 e. The second-order valence-corrected chi connectivity index (χ2v) is 4.35. The molecule has 0 unspecified atom stereocenters. The fourth-order valence-corrected chi connectivity index (χ4v) is 2.41. The molecule has 0 bridgehead atoms. The molecule has 1 heterocycles. The van der Waals surface area contributed by atoms with E-state index in [1.807, 2.05) is 24.5 Å². The van der Waals surface area contributed by atoms with E-state index >= 15 is 0 Å². The minimum atomic E-state index is 0.590. The van der Waals surface area contributed by atoms with Gasteiger partial charge in [-0.1, -0.05) is 6.08 Å². The average molecular weight is 202 g/mol.